The number of hydrogen-bond acceptors (Lipinski definition) is 3. The minimum atomic E-state index is -4.71. The van der Waals surface area contributed by atoms with Crippen molar-refractivity contribution in [1.82, 2.24) is 0 Å². The summed E-state index contributed by atoms with van der Waals surface area (Å²) in [4.78, 5) is 0. The maximum Gasteiger partial charge on any atom is 0.373 e. The maximum atomic E-state index is 9.34. The highest BCUT2D eigenvalue weighted by Crippen LogP contribution is 2.11. The first-order valence-corrected chi connectivity index (χ1v) is 7.45. The van der Waals surface area contributed by atoms with Crippen molar-refractivity contribution in [3.05, 3.63) is 35.9 Å². The van der Waals surface area contributed by atoms with Gasteiger partial charge in [-0.25, -0.2) is 4.21 Å². The second-order valence-corrected chi connectivity index (χ2v) is 6.62. The van der Waals surface area contributed by atoms with Crippen molar-refractivity contribution in [3.63, 3.8) is 0 Å². The Kier molecular flexibility index (Phi) is 6.42. The van der Waals surface area contributed by atoms with E-state index in [1.54, 1.807) is 0 Å². The molecule has 0 aliphatic heterocycles. The fourth-order valence-corrected chi connectivity index (χ4v) is 0.838. The highest BCUT2D eigenvalue weighted by molar-refractivity contribution is 8.59. The van der Waals surface area contributed by atoms with E-state index in [1.165, 1.54) is 5.56 Å². The van der Waals surface area contributed by atoms with Crippen molar-refractivity contribution in [2.75, 3.05) is 0 Å². The smallest absolute Gasteiger partial charge is 0.292 e. The lowest BCUT2D eigenvalue weighted by Gasteiger charge is -2.01. The quantitative estimate of drug-likeness (QED) is 0.484. The molecule has 1 aromatic rings. The summed E-state index contributed by atoms with van der Waals surface area (Å²) in [5.74, 6) is 0.659. The van der Waals surface area contributed by atoms with Gasteiger partial charge in [-0.15, -0.1) is 0 Å². The summed E-state index contributed by atoms with van der Waals surface area (Å²) < 4.78 is 43.0. The topological polar surface area (TPSA) is 91.7 Å². The minimum Gasteiger partial charge on any atom is -0.292 e. The standard InChI is InChI=1S/C9H12.H2O5S2/c1-8(2)9-6-4-3-5-7-9;1-6(2)7(3,4)5/h3-8H,1-2H3;(H,1,2)(H,3,4,5). The molecule has 7 heteroatoms. The third-order valence-corrected chi connectivity index (χ3v) is 3.09. The lowest BCUT2D eigenvalue weighted by atomic mass is 10.0. The van der Waals surface area contributed by atoms with Gasteiger partial charge in [0.2, 0.25) is 0 Å². The highest BCUT2D eigenvalue weighted by Gasteiger charge is 2.10. The van der Waals surface area contributed by atoms with Crippen molar-refractivity contribution in [1.29, 1.82) is 0 Å². The van der Waals surface area contributed by atoms with Gasteiger partial charge in [0.1, 0.15) is 0 Å². The van der Waals surface area contributed by atoms with E-state index >= 15 is 0 Å². The fourth-order valence-electron chi connectivity index (χ4n) is 0.838. The molecular weight excluding hydrogens is 252 g/mol. The molecule has 0 fully saturated rings. The van der Waals surface area contributed by atoms with Gasteiger partial charge >= 0.3 is 19.3 Å². The van der Waals surface area contributed by atoms with E-state index in [9.17, 15) is 12.6 Å². The van der Waals surface area contributed by atoms with Crippen molar-refractivity contribution < 1.29 is 21.7 Å². The van der Waals surface area contributed by atoms with Crippen LogP contribution in [0.15, 0.2) is 30.3 Å². The third-order valence-electron chi connectivity index (χ3n) is 1.65. The predicted molar refractivity (Wildman–Crippen MR) is 62.9 cm³/mol. The Morgan fingerprint density at radius 1 is 1.19 bits per heavy atom. The normalized spacial score (nSPS) is 12.8. The Balaban J connectivity index is 0.000000293. The largest absolute Gasteiger partial charge is 0.373 e. The second-order valence-electron chi connectivity index (χ2n) is 3.21. The van der Waals surface area contributed by atoms with Gasteiger partial charge in [0.15, 0.2) is 0 Å². The molecule has 1 aromatic carbocycles. The van der Waals surface area contributed by atoms with Gasteiger partial charge < -0.3 is 0 Å². The third kappa shape index (κ3) is 6.67. The number of benzene rings is 1. The summed E-state index contributed by atoms with van der Waals surface area (Å²) in [6, 6.07) is 10.5. The minimum absolute atomic E-state index is 0.659. The molecule has 16 heavy (non-hydrogen) atoms. The average molecular weight is 266 g/mol. The number of hydrogen-bond donors (Lipinski definition) is 2. The molecule has 0 radical (unpaired) electrons. The van der Waals surface area contributed by atoms with Gasteiger partial charge in [0.25, 0.3) is 0 Å². The van der Waals surface area contributed by atoms with Crippen LogP contribution in [0.1, 0.15) is 25.3 Å². The zero-order valence-electron chi connectivity index (χ0n) is 8.90. The Bertz CT molecular complexity index is 424. The summed E-state index contributed by atoms with van der Waals surface area (Å²) in [5.41, 5.74) is 1.41. The molecule has 0 bridgehead atoms. The fraction of sp³-hybridized carbons (Fsp3) is 0.333. The van der Waals surface area contributed by atoms with Crippen LogP contribution in [0.25, 0.3) is 0 Å². The summed E-state index contributed by atoms with van der Waals surface area (Å²) in [5, 5.41) is 0. The summed E-state index contributed by atoms with van der Waals surface area (Å²) >= 11 is 0. The van der Waals surface area contributed by atoms with Crippen molar-refractivity contribution >= 4 is 19.3 Å². The van der Waals surface area contributed by atoms with Gasteiger partial charge in [-0.05, 0) is 11.5 Å². The maximum absolute atomic E-state index is 9.34. The van der Waals surface area contributed by atoms with Crippen molar-refractivity contribution in [2.45, 2.75) is 19.8 Å². The van der Waals surface area contributed by atoms with Crippen LogP contribution in [0, 0.1) is 0 Å². The molecule has 0 aliphatic carbocycles. The first-order valence-electron chi connectivity index (χ1n) is 4.39. The van der Waals surface area contributed by atoms with Crippen LogP contribution in [0.4, 0.5) is 0 Å². The molecular formula is C9H14O5S2. The molecule has 0 amide bonds. The SMILES string of the molecule is CC(C)c1ccccc1.O=S(O)S(=O)(=O)O. The van der Waals surface area contributed by atoms with Crippen LogP contribution >= 0.6 is 0 Å². The van der Waals surface area contributed by atoms with E-state index in [-0.39, 0.29) is 0 Å². The molecule has 0 saturated carbocycles. The zero-order chi connectivity index (χ0) is 12.8. The molecule has 0 aliphatic rings. The van der Waals surface area contributed by atoms with Crippen LogP contribution in [-0.2, 0) is 19.3 Å². The molecule has 0 aromatic heterocycles. The second kappa shape index (κ2) is 6.74. The van der Waals surface area contributed by atoms with Crippen LogP contribution in [0.5, 0.6) is 0 Å². The Hall–Kier alpha value is -0.760. The molecule has 5 nitrogen and oxygen atoms in total. The van der Waals surface area contributed by atoms with E-state index in [2.05, 4.69) is 38.1 Å². The lowest BCUT2D eigenvalue weighted by molar-refractivity contribution is 0.488. The van der Waals surface area contributed by atoms with E-state index in [0.29, 0.717) is 5.92 Å². The molecule has 0 saturated heterocycles. The average Bonchev–Trinajstić information content (AvgIpc) is 2.18. The van der Waals surface area contributed by atoms with Crippen LogP contribution < -0.4 is 0 Å². The van der Waals surface area contributed by atoms with E-state index in [0.717, 1.165) is 0 Å². The van der Waals surface area contributed by atoms with Gasteiger partial charge in [-0.1, -0.05) is 44.2 Å². The molecule has 0 spiro atoms. The highest BCUT2D eigenvalue weighted by atomic mass is 33.2. The predicted octanol–water partition coefficient (Wildman–Crippen LogP) is 1.82. The summed E-state index contributed by atoms with van der Waals surface area (Å²) in [6.45, 7) is 4.41. The van der Waals surface area contributed by atoms with E-state index in [4.69, 9.17) is 9.11 Å². The van der Waals surface area contributed by atoms with Crippen LogP contribution in [0.2, 0.25) is 0 Å². The molecule has 1 atom stereocenters. The van der Waals surface area contributed by atoms with Crippen molar-refractivity contribution in [3.8, 4) is 0 Å². The first kappa shape index (κ1) is 15.2. The van der Waals surface area contributed by atoms with Gasteiger partial charge in [-0.2, -0.15) is 8.42 Å². The zero-order valence-corrected chi connectivity index (χ0v) is 10.5. The van der Waals surface area contributed by atoms with Gasteiger partial charge in [0, 0.05) is 0 Å². The lowest BCUT2D eigenvalue weighted by Crippen LogP contribution is -2.03. The first-order chi connectivity index (χ1) is 7.25. The Morgan fingerprint density at radius 3 is 1.75 bits per heavy atom. The van der Waals surface area contributed by atoms with Gasteiger partial charge in [0.05, 0.1) is 0 Å². The Labute approximate surface area is 96.9 Å². The molecule has 0 heterocycles. The van der Waals surface area contributed by atoms with Gasteiger partial charge in [-0.3, -0.25) is 9.11 Å². The summed E-state index contributed by atoms with van der Waals surface area (Å²) in [7, 11) is -7.87. The van der Waals surface area contributed by atoms with Crippen LogP contribution in [0.3, 0.4) is 0 Å². The van der Waals surface area contributed by atoms with E-state index in [1.807, 2.05) is 6.07 Å². The molecule has 1 rings (SSSR count). The molecule has 92 valence electrons. The molecule has 2 N–H and O–H groups in total. The number of rotatable bonds is 2. The molecule has 1 unspecified atom stereocenters. The Morgan fingerprint density at radius 2 is 1.56 bits per heavy atom. The summed E-state index contributed by atoms with van der Waals surface area (Å²) in [6.07, 6.45) is 0. The van der Waals surface area contributed by atoms with E-state index < -0.39 is 19.3 Å². The van der Waals surface area contributed by atoms with Crippen LogP contribution in [-0.4, -0.2) is 21.7 Å². The monoisotopic (exact) mass is 266 g/mol. The van der Waals surface area contributed by atoms with Crippen molar-refractivity contribution in [2.24, 2.45) is 0 Å².